The van der Waals surface area contributed by atoms with Crippen molar-refractivity contribution < 1.29 is 14.7 Å². The number of nitrogens with one attached hydrogen (secondary N) is 3. The zero-order valence-corrected chi connectivity index (χ0v) is 9.60. The molecule has 0 unspecified atom stereocenters. The van der Waals surface area contributed by atoms with Gasteiger partial charge in [0.2, 0.25) is 5.95 Å². The van der Waals surface area contributed by atoms with E-state index in [0.29, 0.717) is 19.4 Å². The van der Waals surface area contributed by atoms with E-state index in [1.165, 1.54) is 12.3 Å². The van der Waals surface area contributed by atoms with E-state index in [4.69, 9.17) is 5.11 Å². The number of hydrogen-bond acceptors (Lipinski definition) is 4. The maximum Gasteiger partial charge on any atom is 0.321 e. The molecule has 0 aliphatic heterocycles. The van der Waals surface area contributed by atoms with Crippen molar-refractivity contribution in [2.24, 2.45) is 0 Å². The number of amides is 2. The molecule has 0 bridgehead atoms. The summed E-state index contributed by atoms with van der Waals surface area (Å²) in [5.41, 5.74) is -0.359. The molecule has 1 aromatic rings. The Balaban J connectivity index is 2.22. The van der Waals surface area contributed by atoms with E-state index in [1.54, 1.807) is 0 Å². The van der Waals surface area contributed by atoms with Gasteiger partial charge in [0.15, 0.2) is 0 Å². The second-order valence-corrected chi connectivity index (χ2v) is 3.51. The smallest absolute Gasteiger partial charge is 0.321 e. The molecule has 18 heavy (non-hydrogen) atoms. The van der Waals surface area contributed by atoms with Gasteiger partial charge in [-0.1, -0.05) is 0 Å². The van der Waals surface area contributed by atoms with Crippen LogP contribution in [0.25, 0.3) is 0 Å². The van der Waals surface area contributed by atoms with Crippen LogP contribution < -0.4 is 16.2 Å². The lowest BCUT2D eigenvalue weighted by Crippen LogP contribution is -2.31. The molecule has 0 aliphatic rings. The molecule has 0 radical (unpaired) electrons. The third kappa shape index (κ3) is 5.64. The quantitative estimate of drug-likeness (QED) is 0.538. The first-order chi connectivity index (χ1) is 8.58. The van der Waals surface area contributed by atoms with Crippen molar-refractivity contribution in [3.8, 4) is 0 Å². The second-order valence-electron chi connectivity index (χ2n) is 3.51. The molecule has 0 saturated heterocycles. The lowest BCUT2D eigenvalue weighted by Gasteiger charge is -2.05. The van der Waals surface area contributed by atoms with E-state index >= 15 is 0 Å². The fourth-order valence-electron chi connectivity index (χ4n) is 1.19. The highest BCUT2D eigenvalue weighted by Gasteiger charge is 2.02. The molecular formula is C10H14N4O4. The van der Waals surface area contributed by atoms with Gasteiger partial charge in [-0.3, -0.25) is 19.9 Å². The first kappa shape index (κ1) is 13.7. The number of aliphatic carboxylic acids is 1. The Morgan fingerprint density at radius 1 is 1.39 bits per heavy atom. The van der Waals surface area contributed by atoms with Gasteiger partial charge in [0, 0.05) is 25.2 Å². The maximum atomic E-state index is 11.3. The molecule has 0 atom stereocenters. The van der Waals surface area contributed by atoms with Crippen molar-refractivity contribution in [2.75, 3.05) is 11.9 Å². The van der Waals surface area contributed by atoms with Gasteiger partial charge >= 0.3 is 12.0 Å². The Labute approximate surface area is 102 Å². The zero-order chi connectivity index (χ0) is 13.4. The van der Waals surface area contributed by atoms with Crippen LogP contribution >= 0.6 is 0 Å². The molecule has 0 saturated carbocycles. The van der Waals surface area contributed by atoms with Gasteiger partial charge in [0.1, 0.15) is 0 Å². The van der Waals surface area contributed by atoms with Crippen molar-refractivity contribution in [3.63, 3.8) is 0 Å². The fraction of sp³-hybridized carbons (Fsp3) is 0.400. The van der Waals surface area contributed by atoms with E-state index in [0.717, 1.165) is 0 Å². The number of H-pyrrole nitrogens is 1. The van der Waals surface area contributed by atoms with Crippen LogP contribution in [0.2, 0.25) is 0 Å². The molecule has 2 amide bonds. The predicted molar refractivity (Wildman–Crippen MR) is 63.4 cm³/mol. The number of rotatable bonds is 6. The van der Waals surface area contributed by atoms with Crippen LogP contribution in [0.3, 0.4) is 0 Å². The molecule has 8 nitrogen and oxygen atoms in total. The Bertz CT molecular complexity index is 471. The third-order valence-corrected chi connectivity index (χ3v) is 2.01. The number of aromatic nitrogens is 2. The number of urea groups is 1. The van der Waals surface area contributed by atoms with Crippen LogP contribution in [0.15, 0.2) is 17.1 Å². The lowest BCUT2D eigenvalue weighted by atomic mass is 10.2. The topological polar surface area (TPSA) is 124 Å². The first-order valence-electron chi connectivity index (χ1n) is 5.40. The van der Waals surface area contributed by atoms with Crippen molar-refractivity contribution in [1.29, 1.82) is 0 Å². The van der Waals surface area contributed by atoms with Crippen LogP contribution in [0, 0.1) is 0 Å². The Hall–Kier alpha value is -2.38. The van der Waals surface area contributed by atoms with Gasteiger partial charge in [0.25, 0.3) is 5.56 Å². The second kappa shape index (κ2) is 7.05. The van der Waals surface area contributed by atoms with Gasteiger partial charge in [-0.25, -0.2) is 9.78 Å². The Kier molecular flexibility index (Phi) is 5.36. The minimum atomic E-state index is -0.856. The summed E-state index contributed by atoms with van der Waals surface area (Å²) in [7, 11) is 0. The fourth-order valence-corrected chi connectivity index (χ4v) is 1.19. The van der Waals surface area contributed by atoms with Crippen molar-refractivity contribution in [1.82, 2.24) is 15.3 Å². The summed E-state index contributed by atoms with van der Waals surface area (Å²) in [6.07, 6.45) is 2.42. The summed E-state index contributed by atoms with van der Waals surface area (Å²) in [6.45, 7) is 0.357. The molecule has 98 valence electrons. The van der Waals surface area contributed by atoms with Crippen LogP contribution in [-0.4, -0.2) is 33.6 Å². The maximum absolute atomic E-state index is 11.3. The number of carboxylic acid groups (broad SMARTS) is 1. The highest BCUT2D eigenvalue weighted by Crippen LogP contribution is 1.94. The van der Waals surface area contributed by atoms with Gasteiger partial charge in [-0.15, -0.1) is 0 Å². The first-order valence-corrected chi connectivity index (χ1v) is 5.40. The summed E-state index contributed by atoms with van der Waals surface area (Å²) in [4.78, 5) is 38.5. The molecule has 0 fully saturated rings. The van der Waals surface area contributed by atoms with Crippen molar-refractivity contribution in [3.05, 3.63) is 22.6 Å². The molecule has 8 heteroatoms. The van der Waals surface area contributed by atoms with Crippen molar-refractivity contribution in [2.45, 2.75) is 19.3 Å². The minimum absolute atomic E-state index is 0.0607. The van der Waals surface area contributed by atoms with Crippen LogP contribution in [0.4, 0.5) is 10.7 Å². The van der Waals surface area contributed by atoms with Gasteiger partial charge in [-0.2, -0.15) is 0 Å². The van der Waals surface area contributed by atoms with E-state index in [9.17, 15) is 14.4 Å². The summed E-state index contributed by atoms with van der Waals surface area (Å²) < 4.78 is 0. The third-order valence-electron chi connectivity index (χ3n) is 2.01. The zero-order valence-electron chi connectivity index (χ0n) is 9.60. The molecule has 1 aromatic heterocycles. The average Bonchev–Trinajstić information content (AvgIpc) is 2.28. The monoisotopic (exact) mass is 254 g/mol. The van der Waals surface area contributed by atoms with Crippen LogP contribution in [0.5, 0.6) is 0 Å². The van der Waals surface area contributed by atoms with Gasteiger partial charge in [-0.05, 0) is 12.8 Å². The highest BCUT2D eigenvalue weighted by molar-refractivity contribution is 5.87. The summed E-state index contributed by atoms with van der Waals surface area (Å²) in [6, 6.07) is 0.731. The molecular weight excluding hydrogens is 240 g/mol. The van der Waals surface area contributed by atoms with E-state index in [1.807, 2.05) is 0 Å². The standard InChI is InChI=1S/C10H14N4O4/c15-7-4-6-11-9(13-7)14-10(18)12-5-2-1-3-8(16)17/h4,6H,1-3,5H2,(H,16,17)(H3,11,12,13,14,15,18). The van der Waals surface area contributed by atoms with Crippen LogP contribution in [-0.2, 0) is 4.79 Å². The van der Waals surface area contributed by atoms with E-state index < -0.39 is 12.0 Å². The average molecular weight is 254 g/mol. The van der Waals surface area contributed by atoms with Crippen molar-refractivity contribution >= 4 is 17.9 Å². The lowest BCUT2D eigenvalue weighted by molar-refractivity contribution is -0.137. The summed E-state index contributed by atoms with van der Waals surface area (Å²) in [5, 5.41) is 13.3. The summed E-state index contributed by atoms with van der Waals surface area (Å²) in [5.74, 6) is -0.795. The molecule has 0 spiro atoms. The van der Waals surface area contributed by atoms with E-state index in [-0.39, 0.29) is 17.9 Å². The Morgan fingerprint density at radius 2 is 2.17 bits per heavy atom. The normalized spacial score (nSPS) is 9.78. The largest absolute Gasteiger partial charge is 0.481 e. The molecule has 1 heterocycles. The number of unbranched alkanes of at least 4 members (excludes halogenated alkanes) is 1. The summed E-state index contributed by atoms with van der Waals surface area (Å²) >= 11 is 0. The van der Waals surface area contributed by atoms with Gasteiger partial charge < -0.3 is 10.4 Å². The number of nitrogens with zero attached hydrogens (tertiary/aromatic N) is 1. The molecule has 1 rings (SSSR count). The number of anilines is 1. The predicted octanol–water partition coefficient (Wildman–Crippen LogP) is 0.146. The highest BCUT2D eigenvalue weighted by atomic mass is 16.4. The molecule has 0 aliphatic carbocycles. The number of aromatic amines is 1. The number of carbonyl (C=O) groups excluding carboxylic acids is 1. The molecule has 0 aromatic carbocycles. The van der Waals surface area contributed by atoms with E-state index in [2.05, 4.69) is 20.6 Å². The number of carbonyl (C=O) groups is 2. The molecule has 4 N–H and O–H groups in total. The number of carboxylic acids is 1. The number of hydrogen-bond donors (Lipinski definition) is 4. The SMILES string of the molecule is O=C(O)CCCCNC(=O)Nc1nccc(=O)[nH]1. The Morgan fingerprint density at radius 3 is 2.83 bits per heavy atom. The minimum Gasteiger partial charge on any atom is -0.481 e. The van der Waals surface area contributed by atoms with Crippen LogP contribution in [0.1, 0.15) is 19.3 Å². The van der Waals surface area contributed by atoms with Gasteiger partial charge in [0.05, 0.1) is 0 Å².